The fraction of sp³-hybridized carbons (Fsp3) is 0.0800. The first-order valence-electron chi connectivity index (χ1n) is 10.2. The molecule has 9 heteroatoms. The zero-order valence-electron chi connectivity index (χ0n) is 18.1. The lowest BCUT2D eigenvalue weighted by molar-refractivity contribution is -0.118. The van der Waals surface area contributed by atoms with E-state index in [9.17, 15) is 14.0 Å². The minimum absolute atomic E-state index is 0.169. The van der Waals surface area contributed by atoms with E-state index in [0.29, 0.717) is 33.4 Å². The zero-order valence-corrected chi connectivity index (χ0v) is 18.9. The summed E-state index contributed by atoms with van der Waals surface area (Å²) in [7, 11) is 1.52. The molecule has 0 aliphatic carbocycles. The number of anilines is 2. The summed E-state index contributed by atoms with van der Waals surface area (Å²) in [6.45, 7) is -0.214. The number of hydrogen-bond donors (Lipinski definition) is 2. The Bertz CT molecular complexity index is 1320. The first kappa shape index (κ1) is 22.9. The van der Waals surface area contributed by atoms with Gasteiger partial charge in [-0.05, 0) is 42.5 Å². The van der Waals surface area contributed by atoms with Gasteiger partial charge in [-0.25, -0.2) is 9.37 Å². The number of carbonyl (C=O) groups excluding carboxylic acids is 2. The van der Waals surface area contributed by atoms with Crippen molar-refractivity contribution in [1.82, 2.24) is 4.98 Å². The largest absolute Gasteiger partial charge is 0.493 e. The highest BCUT2D eigenvalue weighted by molar-refractivity contribution is 7.13. The summed E-state index contributed by atoms with van der Waals surface area (Å²) in [5.41, 5.74) is 1.46. The number of hydrogen-bond acceptors (Lipinski definition) is 6. The second-order valence-corrected chi connectivity index (χ2v) is 7.90. The predicted molar refractivity (Wildman–Crippen MR) is 129 cm³/mol. The number of ether oxygens (including phenoxy) is 2. The average molecular weight is 478 g/mol. The van der Waals surface area contributed by atoms with Crippen LogP contribution in [0.3, 0.4) is 0 Å². The summed E-state index contributed by atoms with van der Waals surface area (Å²) in [4.78, 5) is 29.2. The van der Waals surface area contributed by atoms with E-state index in [1.54, 1.807) is 72.1 Å². The lowest BCUT2D eigenvalue weighted by atomic mass is 10.2. The Hall–Kier alpha value is -4.24. The molecule has 2 N–H and O–H groups in total. The average Bonchev–Trinajstić information content (AvgIpc) is 3.34. The minimum Gasteiger partial charge on any atom is -0.493 e. The Labute approximate surface area is 199 Å². The Balaban J connectivity index is 1.36. The number of halogens is 1. The number of methoxy groups -OCH3 is 1. The van der Waals surface area contributed by atoms with Crippen LogP contribution in [0.2, 0.25) is 0 Å². The van der Waals surface area contributed by atoms with Crippen molar-refractivity contribution in [3.05, 3.63) is 89.7 Å². The van der Waals surface area contributed by atoms with Crippen molar-refractivity contribution in [2.45, 2.75) is 0 Å². The van der Waals surface area contributed by atoms with E-state index in [1.165, 1.54) is 24.5 Å². The smallest absolute Gasteiger partial charge is 0.275 e. The fourth-order valence-corrected chi connectivity index (χ4v) is 3.91. The highest BCUT2D eigenvalue weighted by atomic mass is 32.1. The lowest BCUT2D eigenvalue weighted by Crippen LogP contribution is -2.20. The van der Waals surface area contributed by atoms with Gasteiger partial charge < -0.3 is 20.1 Å². The van der Waals surface area contributed by atoms with Crippen LogP contribution in [0.25, 0.3) is 10.6 Å². The van der Waals surface area contributed by atoms with E-state index in [1.807, 2.05) is 0 Å². The van der Waals surface area contributed by atoms with Crippen molar-refractivity contribution in [3.63, 3.8) is 0 Å². The van der Waals surface area contributed by atoms with Crippen LogP contribution < -0.4 is 20.1 Å². The van der Waals surface area contributed by atoms with E-state index < -0.39 is 11.7 Å². The maximum absolute atomic E-state index is 14.0. The molecule has 0 aliphatic heterocycles. The van der Waals surface area contributed by atoms with Gasteiger partial charge in [0.05, 0.1) is 7.11 Å². The summed E-state index contributed by atoms with van der Waals surface area (Å²) in [6, 6.07) is 20.0. The topological polar surface area (TPSA) is 89.5 Å². The van der Waals surface area contributed by atoms with Crippen LogP contribution in [0.4, 0.5) is 15.8 Å². The van der Waals surface area contributed by atoms with Crippen LogP contribution in [0.15, 0.2) is 78.2 Å². The van der Waals surface area contributed by atoms with Crippen LogP contribution in [0, 0.1) is 5.82 Å². The number of benzene rings is 3. The highest BCUT2D eigenvalue weighted by Gasteiger charge is 2.15. The molecule has 34 heavy (non-hydrogen) atoms. The number of nitrogens with zero attached hydrogens (tertiary/aromatic N) is 1. The number of aromatic nitrogens is 1. The third-order valence-corrected chi connectivity index (χ3v) is 5.55. The molecule has 4 aromatic rings. The zero-order chi connectivity index (χ0) is 23.9. The van der Waals surface area contributed by atoms with Gasteiger partial charge in [-0.15, -0.1) is 11.3 Å². The molecule has 172 valence electrons. The molecule has 3 aromatic carbocycles. The van der Waals surface area contributed by atoms with Gasteiger partial charge in [0.2, 0.25) is 0 Å². The molecule has 1 heterocycles. The number of rotatable bonds is 8. The quantitative estimate of drug-likeness (QED) is 0.363. The highest BCUT2D eigenvalue weighted by Crippen LogP contribution is 2.27. The predicted octanol–water partition coefficient (Wildman–Crippen LogP) is 5.23. The van der Waals surface area contributed by atoms with Crippen LogP contribution >= 0.6 is 11.3 Å². The minimum atomic E-state index is -0.443. The van der Waals surface area contributed by atoms with E-state index in [0.717, 1.165) is 0 Å². The molecular weight excluding hydrogens is 457 g/mol. The summed E-state index contributed by atoms with van der Waals surface area (Å²) in [5, 5.41) is 7.44. The fourth-order valence-electron chi connectivity index (χ4n) is 3.08. The Morgan fingerprint density at radius 1 is 0.941 bits per heavy atom. The molecule has 0 unspecified atom stereocenters. The number of amides is 2. The number of thiazole rings is 1. The molecule has 2 amide bonds. The number of nitrogens with one attached hydrogen (secondary N) is 2. The molecule has 1 aromatic heterocycles. The Kier molecular flexibility index (Phi) is 7.14. The van der Waals surface area contributed by atoms with E-state index in [4.69, 9.17) is 9.47 Å². The summed E-state index contributed by atoms with van der Waals surface area (Å²) in [5.74, 6) is -0.230. The second kappa shape index (κ2) is 10.6. The normalized spacial score (nSPS) is 10.4. The van der Waals surface area contributed by atoms with Gasteiger partial charge in [0, 0.05) is 22.3 Å². The van der Waals surface area contributed by atoms with Gasteiger partial charge in [0.15, 0.2) is 18.1 Å². The van der Waals surface area contributed by atoms with Gasteiger partial charge >= 0.3 is 0 Å². The first-order chi connectivity index (χ1) is 16.5. The van der Waals surface area contributed by atoms with Gasteiger partial charge in [-0.3, -0.25) is 9.59 Å². The first-order valence-corrected chi connectivity index (χ1v) is 11.1. The van der Waals surface area contributed by atoms with Crippen LogP contribution in [0.5, 0.6) is 11.5 Å². The van der Waals surface area contributed by atoms with Crippen molar-refractivity contribution >= 4 is 34.5 Å². The molecule has 0 fully saturated rings. The van der Waals surface area contributed by atoms with Crippen molar-refractivity contribution in [1.29, 1.82) is 0 Å². The molecule has 0 atom stereocenters. The number of para-hydroxylation sites is 2. The van der Waals surface area contributed by atoms with Gasteiger partial charge in [-0.2, -0.15) is 0 Å². The second-order valence-electron chi connectivity index (χ2n) is 7.04. The maximum Gasteiger partial charge on any atom is 0.275 e. The van der Waals surface area contributed by atoms with Crippen LogP contribution in [0.1, 0.15) is 10.5 Å². The van der Waals surface area contributed by atoms with Crippen molar-refractivity contribution < 1.29 is 23.5 Å². The summed E-state index contributed by atoms with van der Waals surface area (Å²) < 4.78 is 24.7. The third-order valence-electron chi connectivity index (χ3n) is 4.67. The SMILES string of the molecule is COc1ccccc1OCC(=O)Nc1cccc(NC(=O)c2csc(-c3ccccc3F)n2)c1. The molecular formula is C25H20FN3O4S. The Morgan fingerprint density at radius 3 is 2.41 bits per heavy atom. The molecule has 0 aliphatic rings. The van der Waals surface area contributed by atoms with E-state index >= 15 is 0 Å². The van der Waals surface area contributed by atoms with Crippen LogP contribution in [-0.2, 0) is 4.79 Å². The molecule has 7 nitrogen and oxygen atoms in total. The van der Waals surface area contributed by atoms with Gasteiger partial charge in [-0.1, -0.05) is 30.3 Å². The molecule has 0 spiro atoms. The van der Waals surface area contributed by atoms with Crippen LogP contribution in [-0.4, -0.2) is 30.5 Å². The van der Waals surface area contributed by atoms with Crippen molar-refractivity contribution in [2.75, 3.05) is 24.4 Å². The van der Waals surface area contributed by atoms with Gasteiger partial charge in [0.25, 0.3) is 11.8 Å². The Morgan fingerprint density at radius 2 is 1.65 bits per heavy atom. The molecule has 4 rings (SSSR count). The van der Waals surface area contributed by atoms with E-state index in [-0.39, 0.29) is 18.2 Å². The van der Waals surface area contributed by atoms with E-state index in [2.05, 4.69) is 15.6 Å². The van der Waals surface area contributed by atoms with Crippen molar-refractivity contribution in [3.8, 4) is 22.1 Å². The van der Waals surface area contributed by atoms with Gasteiger partial charge in [0.1, 0.15) is 16.5 Å². The molecule has 0 radical (unpaired) electrons. The van der Waals surface area contributed by atoms with Crippen molar-refractivity contribution in [2.24, 2.45) is 0 Å². The number of carbonyl (C=O) groups is 2. The third kappa shape index (κ3) is 5.57. The summed E-state index contributed by atoms with van der Waals surface area (Å²) in [6.07, 6.45) is 0. The molecule has 0 bridgehead atoms. The monoisotopic (exact) mass is 477 g/mol. The standard InChI is InChI=1S/C25H20FN3O4S/c1-32-21-11-4-5-12-22(21)33-14-23(30)27-16-7-6-8-17(13-16)28-24(31)20-15-34-25(29-20)18-9-2-3-10-19(18)26/h2-13,15H,14H2,1H3,(H,27,30)(H,28,31). The molecule has 0 saturated heterocycles. The summed E-state index contributed by atoms with van der Waals surface area (Å²) >= 11 is 1.18. The maximum atomic E-state index is 14.0. The lowest BCUT2D eigenvalue weighted by Gasteiger charge is -2.11. The molecule has 0 saturated carbocycles.